The van der Waals surface area contributed by atoms with Gasteiger partial charge in [0.1, 0.15) is 11.8 Å². The quantitative estimate of drug-likeness (QED) is 0.728. The lowest BCUT2D eigenvalue weighted by atomic mass is 10.2. The molecule has 0 aliphatic heterocycles. The van der Waals surface area contributed by atoms with Gasteiger partial charge in [-0.3, -0.25) is 4.79 Å². The summed E-state index contributed by atoms with van der Waals surface area (Å²) >= 11 is 0. The monoisotopic (exact) mass is 252 g/mol. The molecule has 0 heterocycles. The number of carboxylic acids is 1. The Morgan fingerprint density at radius 2 is 2.17 bits per heavy atom. The Labute approximate surface area is 105 Å². The minimum Gasteiger partial charge on any atom is -0.497 e. The first-order valence-corrected chi connectivity index (χ1v) is 5.43. The van der Waals surface area contributed by atoms with Crippen molar-refractivity contribution in [3.05, 3.63) is 29.8 Å². The molecule has 0 aliphatic rings. The highest BCUT2D eigenvalue weighted by molar-refractivity contribution is 5.82. The average Bonchev–Trinajstić information content (AvgIpc) is 2.36. The van der Waals surface area contributed by atoms with Crippen LogP contribution in [0.15, 0.2) is 24.3 Å². The molecule has 1 atom stereocenters. The van der Waals surface area contributed by atoms with Crippen molar-refractivity contribution in [1.82, 2.24) is 10.6 Å². The van der Waals surface area contributed by atoms with E-state index in [0.29, 0.717) is 12.3 Å². The maximum Gasteiger partial charge on any atom is 0.325 e. The van der Waals surface area contributed by atoms with Gasteiger partial charge in [-0.1, -0.05) is 12.1 Å². The highest BCUT2D eigenvalue weighted by Crippen LogP contribution is 2.11. The van der Waals surface area contributed by atoms with Crippen LogP contribution in [0, 0.1) is 0 Å². The van der Waals surface area contributed by atoms with Crippen LogP contribution in [-0.2, 0) is 11.3 Å². The molecule has 1 aromatic rings. The number of nitrogens with one attached hydrogen (secondary N) is 2. The number of hydrogen-bond donors (Lipinski definition) is 3. The standard InChI is InChI=1S/C12H16N2O4/c1-8(11(15)16)14-12(17)13-7-9-4-3-5-10(6-9)18-2/h3-6,8H,7H2,1-2H3,(H,15,16)(H2,13,14,17)/t8-/m1/s1. The third-order valence-corrected chi connectivity index (χ3v) is 2.31. The third-order valence-electron chi connectivity index (χ3n) is 2.31. The number of amides is 2. The maximum absolute atomic E-state index is 11.4. The highest BCUT2D eigenvalue weighted by atomic mass is 16.5. The largest absolute Gasteiger partial charge is 0.497 e. The first kappa shape index (κ1) is 13.8. The average molecular weight is 252 g/mol. The van der Waals surface area contributed by atoms with Crippen molar-refractivity contribution < 1.29 is 19.4 Å². The summed E-state index contributed by atoms with van der Waals surface area (Å²) in [6, 6.07) is 5.80. The minimum atomic E-state index is -1.08. The number of carbonyl (C=O) groups excluding carboxylic acids is 1. The number of aliphatic carboxylic acids is 1. The predicted octanol–water partition coefficient (Wildman–Crippen LogP) is 0.967. The van der Waals surface area contributed by atoms with Crippen molar-refractivity contribution in [2.75, 3.05) is 7.11 Å². The lowest BCUT2D eigenvalue weighted by Gasteiger charge is -2.11. The summed E-state index contributed by atoms with van der Waals surface area (Å²) in [6.07, 6.45) is 0. The number of rotatable bonds is 5. The van der Waals surface area contributed by atoms with Gasteiger partial charge in [0.05, 0.1) is 7.11 Å². The smallest absolute Gasteiger partial charge is 0.325 e. The Morgan fingerprint density at radius 3 is 2.78 bits per heavy atom. The molecule has 0 bridgehead atoms. The Hall–Kier alpha value is -2.24. The van der Waals surface area contributed by atoms with E-state index in [1.165, 1.54) is 6.92 Å². The van der Waals surface area contributed by atoms with Crippen molar-refractivity contribution >= 4 is 12.0 Å². The van der Waals surface area contributed by atoms with E-state index in [1.807, 2.05) is 12.1 Å². The van der Waals surface area contributed by atoms with Gasteiger partial charge in [-0.15, -0.1) is 0 Å². The van der Waals surface area contributed by atoms with Crippen LogP contribution in [0.4, 0.5) is 4.79 Å². The maximum atomic E-state index is 11.4. The van der Waals surface area contributed by atoms with Crippen LogP contribution >= 0.6 is 0 Å². The minimum absolute atomic E-state index is 0.301. The molecule has 1 rings (SSSR count). The van der Waals surface area contributed by atoms with Crippen molar-refractivity contribution in [2.45, 2.75) is 19.5 Å². The lowest BCUT2D eigenvalue weighted by molar-refractivity contribution is -0.138. The lowest BCUT2D eigenvalue weighted by Crippen LogP contribution is -2.44. The fourth-order valence-electron chi connectivity index (χ4n) is 1.27. The molecule has 0 radical (unpaired) electrons. The van der Waals surface area contributed by atoms with Crippen LogP contribution in [0.2, 0.25) is 0 Å². The Bertz CT molecular complexity index is 434. The van der Waals surface area contributed by atoms with E-state index in [1.54, 1.807) is 19.2 Å². The van der Waals surface area contributed by atoms with E-state index in [9.17, 15) is 9.59 Å². The van der Waals surface area contributed by atoms with Gasteiger partial charge in [0.25, 0.3) is 0 Å². The topological polar surface area (TPSA) is 87.7 Å². The molecule has 6 nitrogen and oxygen atoms in total. The van der Waals surface area contributed by atoms with Crippen LogP contribution in [-0.4, -0.2) is 30.3 Å². The summed E-state index contributed by atoms with van der Waals surface area (Å²) in [5.74, 6) is -0.375. The second-order valence-electron chi connectivity index (χ2n) is 3.74. The van der Waals surface area contributed by atoms with Gasteiger partial charge in [0, 0.05) is 6.54 Å². The second-order valence-corrected chi connectivity index (χ2v) is 3.74. The summed E-state index contributed by atoms with van der Waals surface area (Å²) in [7, 11) is 1.56. The summed E-state index contributed by atoms with van der Waals surface area (Å²) in [4.78, 5) is 21.9. The van der Waals surface area contributed by atoms with Crippen molar-refractivity contribution in [1.29, 1.82) is 0 Å². The van der Waals surface area contributed by atoms with Crippen molar-refractivity contribution in [3.63, 3.8) is 0 Å². The van der Waals surface area contributed by atoms with Crippen LogP contribution in [0.3, 0.4) is 0 Å². The van der Waals surface area contributed by atoms with Gasteiger partial charge in [-0.2, -0.15) is 0 Å². The zero-order valence-corrected chi connectivity index (χ0v) is 10.3. The second kappa shape index (κ2) is 6.48. The molecule has 0 aromatic heterocycles. The summed E-state index contributed by atoms with van der Waals surface area (Å²) in [6.45, 7) is 1.70. The van der Waals surface area contributed by atoms with Gasteiger partial charge in [0.2, 0.25) is 0 Å². The number of urea groups is 1. The molecule has 2 amide bonds. The molecule has 98 valence electrons. The molecule has 18 heavy (non-hydrogen) atoms. The molecule has 0 aliphatic carbocycles. The molecule has 1 aromatic carbocycles. The fraction of sp³-hybridized carbons (Fsp3) is 0.333. The molecule has 0 saturated carbocycles. The molecule has 0 unspecified atom stereocenters. The zero-order valence-electron chi connectivity index (χ0n) is 10.3. The molecule has 3 N–H and O–H groups in total. The first-order valence-electron chi connectivity index (χ1n) is 5.43. The Morgan fingerprint density at radius 1 is 1.44 bits per heavy atom. The van der Waals surface area contributed by atoms with Gasteiger partial charge >= 0.3 is 12.0 Å². The molecule has 6 heteroatoms. The normalized spacial score (nSPS) is 11.4. The van der Waals surface area contributed by atoms with E-state index in [-0.39, 0.29) is 0 Å². The summed E-state index contributed by atoms with van der Waals surface area (Å²) < 4.78 is 5.05. The number of ether oxygens (including phenoxy) is 1. The molecular weight excluding hydrogens is 236 g/mol. The fourth-order valence-corrected chi connectivity index (χ4v) is 1.27. The Kier molecular flexibility index (Phi) is 4.98. The summed E-state index contributed by atoms with van der Waals surface area (Å²) in [5.41, 5.74) is 0.868. The van der Waals surface area contributed by atoms with Crippen LogP contribution in [0.1, 0.15) is 12.5 Å². The molecule has 0 fully saturated rings. The number of hydrogen-bond acceptors (Lipinski definition) is 3. The van der Waals surface area contributed by atoms with Crippen LogP contribution in [0.25, 0.3) is 0 Å². The SMILES string of the molecule is COc1cccc(CNC(=O)N[C@H](C)C(=O)O)c1. The third kappa shape index (κ3) is 4.32. The predicted molar refractivity (Wildman–Crippen MR) is 65.5 cm³/mol. The van der Waals surface area contributed by atoms with Gasteiger partial charge in [-0.05, 0) is 24.6 Å². The highest BCUT2D eigenvalue weighted by Gasteiger charge is 2.13. The van der Waals surface area contributed by atoms with Crippen molar-refractivity contribution in [3.8, 4) is 5.75 Å². The Balaban J connectivity index is 2.44. The van der Waals surface area contributed by atoms with E-state index in [0.717, 1.165) is 5.56 Å². The number of carboxylic acid groups (broad SMARTS) is 1. The van der Waals surface area contributed by atoms with E-state index in [2.05, 4.69) is 10.6 Å². The van der Waals surface area contributed by atoms with E-state index < -0.39 is 18.0 Å². The molecule has 0 spiro atoms. The first-order chi connectivity index (χ1) is 8.52. The molecule has 0 saturated heterocycles. The van der Waals surface area contributed by atoms with Crippen LogP contribution in [0.5, 0.6) is 5.75 Å². The number of methoxy groups -OCH3 is 1. The van der Waals surface area contributed by atoms with E-state index in [4.69, 9.17) is 9.84 Å². The van der Waals surface area contributed by atoms with Crippen molar-refractivity contribution in [2.24, 2.45) is 0 Å². The van der Waals surface area contributed by atoms with Gasteiger partial charge < -0.3 is 20.5 Å². The number of carbonyl (C=O) groups is 2. The van der Waals surface area contributed by atoms with E-state index >= 15 is 0 Å². The molecular formula is C12H16N2O4. The summed E-state index contributed by atoms with van der Waals surface area (Å²) in [5, 5.41) is 13.5. The van der Waals surface area contributed by atoms with Gasteiger partial charge in [0.15, 0.2) is 0 Å². The van der Waals surface area contributed by atoms with Crippen LogP contribution < -0.4 is 15.4 Å². The zero-order chi connectivity index (χ0) is 13.5. The van der Waals surface area contributed by atoms with Gasteiger partial charge in [-0.25, -0.2) is 4.79 Å². The number of benzene rings is 1.